The van der Waals surface area contributed by atoms with Gasteiger partial charge in [0, 0.05) is 52.2 Å². The first kappa shape index (κ1) is 28.1. The van der Waals surface area contributed by atoms with Gasteiger partial charge in [-0.3, -0.25) is 15.1 Å². The third kappa shape index (κ3) is 4.88. The van der Waals surface area contributed by atoms with Crippen LogP contribution in [0.15, 0.2) is 64.8 Å². The summed E-state index contributed by atoms with van der Waals surface area (Å²) in [4.78, 5) is 30.3. The Morgan fingerprint density at radius 2 is 1.91 bits per heavy atom. The summed E-state index contributed by atoms with van der Waals surface area (Å²) < 4.78 is 38.6. The Labute approximate surface area is 255 Å². The molecule has 2 aromatic heterocycles. The molecule has 0 saturated heterocycles. The van der Waals surface area contributed by atoms with Crippen molar-refractivity contribution in [2.75, 3.05) is 5.32 Å². The number of aliphatic imine (C=N–C) groups is 1. The number of hydrogen-bond acceptors (Lipinski definition) is 7. The van der Waals surface area contributed by atoms with Crippen LogP contribution in [0.3, 0.4) is 0 Å². The molecule has 4 heterocycles. The van der Waals surface area contributed by atoms with Crippen molar-refractivity contribution in [1.29, 1.82) is 0 Å². The second-order valence-electron chi connectivity index (χ2n) is 12.1. The summed E-state index contributed by atoms with van der Waals surface area (Å²) in [7, 11) is 0. The topological polar surface area (TPSA) is 116 Å². The lowest BCUT2D eigenvalue weighted by Gasteiger charge is -2.20. The monoisotopic (exact) mass is 617 g/mol. The van der Waals surface area contributed by atoms with Gasteiger partial charge in [-0.25, -0.2) is 13.6 Å². The van der Waals surface area contributed by atoms with Crippen molar-refractivity contribution in [3.63, 3.8) is 0 Å². The van der Waals surface area contributed by atoms with Gasteiger partial charge in [-0.05, 0) is 91.1 Å². The van der Waals surface area contributed by atoms with Crippen LogP contribution in [0, 0.1) is 17.6 Å². The molecule has 1 fully saturated rings. The van der Waals surface area contributed by atoms with E-state index >= 15 is 4.39 Å². The number of halogens is 3. The normalized spacial score (nSPS) is 20.1. The van der Waals surface area contributed by atoms with Gasteiger partial charge in [0.2, 0.25) is 0 Å². The highest BCUT2D eigenvalue weighted by Crippen LogP contribution is 2.60. The number of hydrogen-bond donors (Lipinski definition) is 1. The Morgan fingerprint density at radius 3 is 2.66 bits per heavy atom. The van der Waals surface area contributed by atoms with Gasteiger partial charge in [0.15, 0.2) is 11.6 Å². The Kier molecular flexibility index (Phi) is 6.50. The van der Waals surface area contributed by atoms with Gasteiger partial charge in [0.25, 0.3) is 5.56 Å². The number of nitrogens with zero attached hydrogens (tertiary/aromatic N) is 6. The molecule has 1 saturated carbocycles. The number of nitrogens with one attached hydrogen (secondary N) is 1. The molecule has 3 aliphatic rings. The molecule has 0 spiro atoms. The molecule has 0 unspecified atom stereocenters. The number of benzene rings is 2. The number of rotatable bonds is 5. The van der Waals surface area contributed by atoms with E-state index in [0.29, 0.717) is 27.6 Å². The van der Waals surface area contributed by atoms with Crippen LogP contribution in [-0.2, 0) is 4.74 Å². The number of carbonyl (C=O) groups is 1. The van der Waals surface area contributed by atoms with E-state index in [-0.39, 0.29) is 41.1 Å². The largest absolute Gasteiger partial charge is 0.444 e. The molecular formula is C31H26ClF2N7O3. The van der Waals surface area contributed by atoms with E-state index in [1.165, 1.54) is 29.3 Å². The fourth-order valence-electron chi connectivity index (χ4n) is 6.14. The number of pyridine rings is 1. The molecule has 1 aliphatic carbocycles. The van der Waals surface area contributed by atoms with E-state index < -0.39 is 23.3 Å². The number of allylic oxidation sites excluding steroid dienone is 1. The van der Waals surface area contributed by atoms with Crippen LogP contribution < -0.4 is 10.9 Å². The van der Waals surface area contributed by atoms with Crippen LogP contribution in [0.1, 0.15) is 56.8 Å². The van der Waals surface area contributed by atoms with E-state index in [2.05, 4.69) is 25.8 Å². The number of tetrazole rings is 1. The maximum atomic E-state index is 15.2. The smallest absolute Gasteiger partial charge is 0.412 e. The molecule has 3 atom stereocenters. The zero-order chi connectivity index (χ0) is 30.9. The number of ether oxygens (including phenoxy) is 1. The minimum atomic E-state index is -1.19. The van der Waals surface area contributed by atoms with Gasteiger partial charge in [0.05, 0.1) is 17.4 Å². The van der Waals surface area contributed by atoms with Crippen LogP contribution in [0.5, 0.6) is 0 Å². The van der Waals surface area contributed by atoms with Gasteiger partial charge in [-0.1, -0.05) is 11.6 Å². The standard InChI is InChI=1S/C31H26ClF2N7O3/c1-31(2,3)44-30(43)37-22-6-5-18(27(33)28(22)34)16-8-23(35-13-16)29-21-12-20(21)25-9-15(10-26(42)41(25)29)19-11-17(32)4-7-24(19)40-14-36-38-39-40/h4-7,9-11,13-14,20-21,29H,8,12H2,1-3H3,(H,37,43)/t20-,21+,29+/m1/s1. The van der Waals surface area contributed by atoms with Gasteiger partial charge in [-0.2, -0.15) is 4.68 Å². The van der Waals surface area contributed by atoms with Crippen LogP contribution in [0.2, 0.25) is 5.02 Å². The van der Waals surface area contributed by atoms with Crippen LogP contribution in [0.4, 0.5) is 19.3 Å². The van der Waals surface area contributed by atoms with Crippen LogP contribution in [0.25, 0.3) is 22.4 Å². The summed E-state index contributed by atoms with van der Waals surface area (Å²) in [6.07, 6.45) is 3.26. The Hall–Kier alpha value is -4.71. The number of fused-ring (bicyclic) bond motifs is 3. The summed E-state index contributed by atoms with van der Waals surface area (Å²) in [5.74, 6) is -1.92. The quantitative estimate of drug-likeness (QED) is 0.280. The molecule has 0 bridgehead atoms. The molecule has 44 heavy (non-hydrogen) atoms. The molecule has 4 aromatic rings. The minimum Gasteiger partial charge on any atom is -0.444 e. The average Bonchev–Trinajstić information content (AvgIpc) is 3.30. The third-order valence-corrected chi connectivity index (χ3v) is 8.26. The Bertz CT molecular complexity index is 1960. The molecule has 1 amide bonds. The van der Waals surface area contributed by atoms with E-state index in [0.717, 1.165) is 17.7 Å². The van der Waals surface area contributed by atoms with Crippen molar-refractivity contribution >= 4 is 34.7 Å². The maximum Gasteiger partial charge on any atom is 0.412 e. The summed E-state index contributed by atoms with van der Waals surface area (Å²) in [5, 5.41) is 14.2. The van der Waals surface area contributed by atoms with Crippen LogP contribution in [-0.4, -0.2) is 42.2 Å². The SMILES string of the molecule is CC(C)(C)OC(=O)Nc1ccc(C2=CN=C([C@@H]3[C@H]4C[C@H]4c4cc(-c5cc(Cl)ccc5-n5cnnn5)cc(=O)n43)C2)c(F)c1F. The van der Waals surface area contributed by atoms with Gasteiger partial charge < -0.3 is 9.30 Å². The first-order valence-electron chi connectivity index (χ1n) is 14.0. The number of amides is 1. The second-order valence-corrected chi connectivity index (χ2v) is 12.5. The molecule has 7 rings (SSSR count). The van der Waals surface area contributed by atoms with E-state index in [4.69, 9.17) is 16.3 Å². The van der Waals surface area contributed by atoms with Crippen molar-refractivity contribution in [3.8, 4) is 16.8 Å². The molecule has 224 valence electrons. The lowest BCUT2D eigenvalue weighted by atomic mass is 9.97. The Morgan fingerprint density at radius 1 is 1.09 bits per heavy atom. The predicted molar refractivity (Wildman–Crippen MR) is 160 cm³/mol. The third-order valence-electron chi connectivity index (χ3n) is 8.03. The number of carbonyl (C=O) groups excluding carboxylic acids is 1. The zero-order valence-corrected chi connectivity index (χ0v) is 24.6. The lowest BCUT2D eigenvalue weighted by Crippen LogP contribution is -2.29. The van der Waals surface area contributed by atoms with Gasteiger partial charge >= 0.3 is 6.09 Å². The van der Waals surface area contributed by atoms with E-state index in [9.17, 15) is 14.0 Å². The Balaban J connectivity index is 1.14. The van der Waals surface area contributed by atoms with Crippen molar-refractivity contribution < 1.29 is 18.3 Å². The molecule has 13 heteroatoms. The first-order valence-corrected chi connectivity index (χ1v) is 14.4. The average molecular weight is 618 g/mol. The van der Waals surface area contributed by atoms with E-state index in [1.54, 1.807) is 49.6 Å². The van der Waals surface area contributed by atoms with Crippen molar-refractivity contribution in [2.24, 2.45) is 10.9 Å². The summed E-state index contributed by atoms with van der Waals surface area (Å²) in [6, 6.07) is 11.3. The first-order chi connectivity index (χ1) is 21.0. The van der Waals surface area contributed by atoms with Gasteiger partial charge in [0.1, 0.15) is 11.9 Å². The highest BCUT2D eigenvalue weighted by molar-refractivity contribution is 6.31. The zero-order valence-electron chi connectivity index (χ0n) is 23.9. The number of aromatic nitrogens is 5. The fourth-order valence-corrected chi connectivity index (χ4v) is 6.31. The van der Waals surface area contributed by atoms with E-state index in [1.807, 2.05) is 6.07 Å². The molecule has 2 aliphatic heterocycles. The maximum absolute atomic E-state index is 15.2. The fraction of sp³-hybridized carbons (Fsp3) is 0.290. The number of anilines is 1. The van der Waals surface area contributed by atoms with Gasteiger partial charge in [-0.15, -0.1) is 5.10 Å². The van der Waals surface area contributed by atoms with Crippen molar-refractivity contribution in [2.45, 2.75) is 51.2 Å². The van der Waals surface area contributed by atoms with Crippen LogP contribution >= 0.6 is 11.6 Å². The molecular weight excluding hydrogens is 592 g/mol. The minimum absolute atomic E-state index is 0.0420. The lowest BCUT2D eigenvalue weighted by molar-refractivity contribution is 0.0635. The summed E-state index contributed by atoms with van der Waals surface area (Å²) in [6.45, 7) is 5.01. The van der Waals surface area contributed by atoms with Crippen molar-refractivity contribution in [3.05, 3.63) is 93.3 Å². The summed E-state index contributed by atoms with van der Waals surface area (Å²) in [5.41, 5.74) is 2.94. The molecule has 10 nitrogen and oxygen atoms in total. The second kappa shape index (κ2) is 10.2. The molecule has 0 radical (unpaired) electrons. The highest BCUT2D eigenvalue weighted by atomic mass is 35.5. The molecule has 1 N–H and O–H groups in total. The van der Waals surface area contributed by atoms with Crippen molar-refractivity contribution in [1.82, 2.24) is 24.8 Å². The predicted octanol–water partition coefficient (Wildman–Crippen LogP) is 6.31. The highest BCUT2D eigenvalue weighted by Gasteiger charge is 2.54. The molecule has 2 aromatic carbocycles. The summed E-state index contributed by atoms with van der Waals surface area (Å²) >= 11 is 6.33.